The molecule has 1 aromatic heterocycles. The van der Waals surface area contributed by atoms with Crippen LogP contribution in [-0.2, 0) is 24.5 Å². The number of epoxide rings is 1. The number of carbonyl (C=O) groups is 2. The molecule has 5 fully saturated rings. The summed E-state index contributed by atoms with van der Waals surface area (Å²) >= 11 is 0. The van der Waals surface area contributed by atoms with E-state index in [1.54, 1.807) is 0 Å². The Morgan fingerprint density at radius 3 is 2.34 bits per heavy atom. The molecule has 1 aliphatic heterocycles. The number of carbonyl (C=O) groups excluding carboxylic acids is 2. The number of ketones is 2. The number of nitriles is 1. The zero-order chi connectivity index (χ0) is 29.6. The number of aryl methyl sites for hydroxylation is 1. The monoisotopic (exact) mass is 561 g/mol. The topological polar surface area (TPSA) is 119 Å². The van der Waals surface area contributed by atoms with Gasteiger partial charge in [0.05, 0.1) is 5.41 Å². The molecule has 0 amide bonds. The van der Waals surface area contributed by atoms with Gasteiger partial charge in [0.2, 0.25) is 17.3 Å². The number of methoxy groups -OCH3 is 1. The van der Waals surface area contributed by atoms with Gasteiger partial charge in [0.15, 0.2) is 17.2 Å². The van der Waals surface area contributed by atoms with Crippen molar-refractivity contribution in [3.05, 3.63) is 23.4 Å². The number of aromatic nitrogens is 2. The minimum Gasteiger partial charge on any atom is -0.356 e. The maximum absolute atomic E-state index is 14.7. The number of fused-ring (bicyclic) bond motifs is 6. The van der Waals surface area contributed by atoms with Crippen LogP contribution in [0.2, 0.25) is 0 Å². The number of hydrogen-bond acceptors (Lipinski definition) is 8. The highest BCUT2D eigenvalue weighted by Crippen LogP contribution is 2.80. The number of nitrogens with zero attached hydrogens (tertiary/aromatic N) is 3. The van der Waals surface area contributed by atoms with Gasteiger partial charge in [-0.2, -0.15) is 10.2 Å². The second-order valence-corrected chi connectivity index (χ2v) is 15.9. The van der Waals surface area contributed by atoms with Crippen LogP contribution in [0.25, 0.3) is 0 Å². The van der Waals surface area contributed by atoms with Gasteiger partial charge in [0.1, 0.15) is 11.7 Å². The lowest BCUT2D eigenvalue weighted by Gasteiger charge is -2.68. The molecule has 1 spiro atoms. The minimum absolute atomic E-state index is 0.0863. The maximum atomic E-state index is 14.7. The molecule has 4 saturated carbocycles. The van der Waals surface area contributed by atoms with Crippen molar-refractivity contribution in [3.8, 4) is 6.07 Å². The predicted molar refractivity (Wildman–Crippen MR) is 148 cm³/mol. The summed E-state index contributed by atoms with van der Waals surface area (Å²) in [6, 6.07) is 2.22. The third-order valence-electron chi connectivity index (χ3n) is 13.8. The van der Waals surface area contributed by atoms with Crippen LogP contribution in [0.4, 0.5) is 0 Å². The SMILES string of the molecule is CO[C@]1(C#N)C[C@]2(C)C3=CC(=O)C4C5CC(C)(C)CC[C@]5(c5nc(C)no5)CC[C@@]4(C)[C@]3(C)CC[C@]23O[C@]3(C)C1=O. The van der Waals surface area contributed by atoms with Crippen LogP contribution in [0.3, 0.4) is 0 Å². The summed E-state index contributed by atoms with van der Waals surface area (Å²) in [5.41, 5.74) is -3.90. The number of allylic oxidation sites excluding steroid dienone is 1. The van der Waals surface area contributed by atoms with Crippen LogP contribution >= 0.6 is 0 Å². The van der Waals surface area contributed by atoms with Gasteiger partial charge < -0.3 is 14.0 Å². The van der Waals surface area contributed by atoms with Crippen molar-refractivity contribution in [3.63, 3.8) is 0 Å². The summed E-state index contributed by atoms with van der Waals surface area (Å²) in [4.78, 5) is 33.2. The van der Waals surface area contributed by atoms with Gasteiger partial charge in [-0.1, -0.05) is 45.3 Å². The second-order valence-electron chi connectivity index (χ2n) is 15.9. The molecule has 220 valence electrons. The molecule has 2 heterocycles. The molecule has 5 aliphatic carbocycles. The number of rotatable bonds is 2. The highest BCUT2D eigenvalue weighted by Gasteiger charge is 2.88. The van der Waals surface area contributed by atoms with Gasteiger partial charge in [0, 0.05) is 24.9 Å². The van der Waals surface area contributed by atoms with Crippen molar-refractivity contribution >= 4 is 11.6 Å². The number of ether oxygens (including phenoxy) is 2. The summed E-state index contributed by atoms with van der Waals surface area (Å²) in [7, 11) is 1.44. The van der Waals surface area contributed by atoms with Gasteiger partial charge in [-0.05, 0) is 87.0 Å². The van der Waals surface area contributed by atoms with Crippen molar-refractivity contribution in [1.29, 1.82) is 5.26 Å². The summed E-state index contributed by atoms with van der Waals surface area (Å²) < 4.78 is 18.1. The van der Waals surface area contributed by atoms with E-state index < -0.39 is 22.2 Å². The van der Waals surface area contributed by atoms with E-state index in [1.807, 2.05) is 19.9 Å². The van der Waals surface area contributed by atoms with Gasteiger partial charge in [-0.3, -0.25) is 9.59 Å². The Balaban J connectivity index is 1.40. The first-order valence-electron chi connectivity index (χ1n) is 15.3. The van der Waals surface area contributed by atoms with Gasteiger partial charge >= 0.3 is 0 Å². The van der Waals surface area contributed by atoms with Crippen LogP contribution in [0.15, 0.2) is 16.2 Å². The molecule has 9 atom stereocenters. The molecular weight excluding hydrogens is 518 g/mol. The lowest BCUT2D eigenvalue weighted by Crippen LogP contribution is -2.69. The Kier molecular flexibility index (Phi) is 5.08. The van der Waals surface area contributed by atoms with Crippen LogP contribution in [0.5, 0.6) is 0 Å². The Labute approximate surface area is 242 Å². The van der Waals surface area contributed by atoms with E-state index in [-0.39, 0.29) is 51.5 Å². The lowest BCUT2D eigenvalue weighted by molar-refractivity contribution is -0.166. The normalized spacial score (nSPS) is 51.2. The summed E-state index contributed by atoms with van der Waals surface area (Å²) in [5.74, 6) is 1.11. The van der Waals surface area contributed by atoms with Crippen molar-refractivity contribution < 1.29 is 23.6 Å². The molecule has 1 aromatic rings. The largest absolute Gasteiger partial charge is 0.356 e. The molecule has 6 aliphatic rings. The average Bonchev–Trinajstić information content (AvgIpc) is 3.33. The number of hydrogen-bond donors (Lipinski definition) is 0. The average molecular weight is 562 g/mol. The van der Waals surface area contributed by atoms with Gasteiger partial charge in [-0.15, -0.1) is 0 Å². The van der Waals surface area contributed by atoms with E-state index in [9.17, 15) is 14.9 Å². The third kappa shape index (κ3) is 2.84. The molecule has 8 nitrogen and oxygen atoms in total. The molecule has 2 unspecified atom stereocenters. The molecule has 0 radical (unpaired) electrons. The Hall–Kier alpha value is -2.37. The third-order valence-corrected chi connectivity index (χ3v) is 13.8. The maximum Gasteiger partial charge on any atom is 0.233 e. The van der Waals surface area contributed by atoms with Crippen LogP contribution in [-0.4, -0.2) is 45.6 Å². The quantitative estimate of drug-likeness (QED) is 0.429. The first-order valence-corrected chi connectivity index (χ1v) is 15.3. The fraction of sp³-hybridized carbons (Fsp3) is 0.788. The van der Waals surface area contributed by atoms with E-state index in [4.69, 9.17) is 19.0 Å². The fourth-order valence-corrected chi connectivity index (χ4v) is 11.3. The van der Waals surface area contributed by atoms with Crippen molar-refractivity contribution in [2.45, 2.75) is 122 Å². The van der Waals surface area contributed by atoms with E-state index in [1.165, 1.54) is 7.11 Å². The Morgan fingerprint density at radius 1 is 1.00 bits per heavy atom. The number of Topliss-reactive ketones (excluding diaryl/α,β-unsaturated/α-hetero) is 1. The zero-order valence-corrected chi connectivity index (χ0v) is 25.8. The summed E-state index contributed by atoms with van der Waals surface area (Å²) in [6.45, 7) is 15.1. The first-order chi connectivity index (χ1) is 19.0. The van der Waals surface area contributed by atoms with Crippen molar-refractivity contribution in [2.75, 3.05) is 7.11 Å². The van der Waals surface area contributed by atoms with E-state index in [0.717, 1.165) is 44.1 Å². The standard InChI is InChI=1S/C33H43N3O5/c1-19-35-25(40-36-19)31-12-9-26(2,3)16-20(31)23-21(37)15-22-27(4,28(23,5)10-13-31)11-14-33-29(22,6)17-32(18-34,39-8)24(38)30(33,7)41-33/h15,20,23H,9-14,16-17H2,1-8H3/t20?,23?,27-,28-,29-,30-,31+,32+,33+/m1/s1. The van der Waals surface area contributed by atoms with Crippen molar-refractivity contribution in [1.82, 2.24) is 10.1 Å². The summed E-state index contributed by atoms with van der Waals surface area (Å²) in [6.07, 6.45) is 8.33. The minimum atomic E-state index is -1.60. The molecule has 0 aromatic carbocycles. The van der Waals surface area contributed by atoms with Gasteiger partial charge in [-0.25, -0.2) is 0 Å². The molecule has 8 heteroatoms. The Bertz CT molecular complexity index is 1470. The molecule has 1 saturated heterocycles. The highest BCUT2D eigenvalue weighted by atomic mass is 16.6. The van der Waals surface area contributed by atoms with Crippen molar-refractivity contribution in [2.24, 2.45) is 33.5 Å². The summed E-state index contributed by atoms with van der Waals surface area (Å²) in [5, 5.41) is 14.5. The van der Waals surface area contributed by atoms with E-state index >= 15 is 0 Å². The van der Waals surface area contributed by atoms with Crippen LogP contribution in [0, 0.1) is 51.8 Å². The molecule has 0 bridgehead atoms. The van der Waals surface area contributed by atoms with Crippen LogP contribution < -0.4 is 0 Å². The van der Waals surface area contributed by atoms with Crippen LogP contribution in [0.1, 0.15) is 105 Å². The predicted octanol–water partition coefficient (Wildman–Crippen LogP) is 5.58. The molecule has 0 N–H and O–H groups in total. The highest BCUT2D eigenvalue weighted by molar-refractivity contribution is 6.03. The molecule has 41 heavy (non-hydrogen) atoms. The van der Waals surface area contributed by atoms with E-state index in [0.29, 0.717) is 18.1 Å². The van der Waals surface area contributed by atoms with E-state index in [2.05, 4.69) is 45.8 Å². The first kappa shape index (κ1) is 27.5. The van der Waals surface area contributed by atoms with Gasteiger partial charge in [0.25, 0.3) is 0 Å². The lowest BCUT2D eigenvalue weighted by atomic mass is 9.34. The second kappa shape index (κ2) is 7.58. The molecule has 7 rings (SSSR count). The Morgan fingerprint density at radius 2 is 1.71 bits per heavy atom. The molecular formula is C33H43N3O5. The smallest absolute Gasteiger partial charge is 0.233 e. The zero-order valence-electron chi connectivity index (χ0n) is 25.8. The fourth-order valence-electron chi connectivity index (χ4n) is 11.3.